The highest BCUT2D eigenvalue weighted by molar-refractivity contribution is 5.87. The van der Waals surface area contributed by atoms with Crippen LogP contribution in [0.5, 0.6) is 5.75 Å². The molecule has 4 nitrogen and oxygen atoms in total. The molecule has 0 bridgehead atoms. The average molecular weight is 271 g/mol. The lowest BCUT2D eigenvalue weighted by molar-refractivity contribution is 0.0692. The summed E-state index contributed by atoms with van der Waals surface area (Å²) < 4.78 is 18.9. The van der Waals surface area contributed by atoms with E-state index in [1.807, 2.05) is 6.07 Å². The summed E-state index contributed by atoms with van der Waals surface area (Å²) in [7, 11) is 0. The number of aromatic carboxylic acids is 1. The van der Waals surface area contributed by atoms with Crippen LogP contribution in [-0.2, 0) is 6.61 Å². The minimum Gasteiger partial charge on any atom is -0.489 e. The molecule has 0 unspecified atom stereocenters. The molecule has 0 radical (unpaired) electrons. The number of rotatable bonds is 4. The maximum Gasteiger partial charge on any atom is 0.338 e. The van der Waals surface area contributed by atoms with E-state index >= 15 is 0 Å². The van der Waals surface area contributed by atoms with Crippen molar-refractivity contribution in [3.8, 4) is 11.8 Å². The molecule has 2 aromatic rings. The summed E-state index contributed by atoms with van der Waals surface area (Å²) in [6, 6.07) is 12.3. The van der Waals surface area contributed by atoms with Crippen molar-refractivity contribution < 1.29 is 19.0 Å². The summed E-state index contributed by atoms with van der Waals surface area (Å²) in [6.45, 7) is 0.114. The zero-order valence-corrected chi connectivity index (χ0v) is 10.3. The van der Waals surface area contributed by atoms with Crippen LogP contribution in [0.1, 0.15) is 21.5 Å². The molecular formula is C15H10FNO3. The monoisotopic (exact) mass is 271 g/mol. The lowest BCUT2D eigenvalue weighted by Crippen LogP contribution is -2.02. The highest BCUT2D eigenvalue weighted by Gasteiger charge is 2.10. The number of halogens is 1. The normalized spacial score (nSPS) is 9.80. The maximum atomic E-state index is 13.5. The van der Waals surface area contributed by atoms with E-state index in [0.717, 1.165) is 6.07 Å². The molecule has 0 aliphatic heterocycles. The van der Waals surface area contributed by atoms with Crippen molar-refractivity contribution in [1.82, 2.24) is 0 Å². The summed E-state index contributed by atoms with van der Waals surface area (Å²) in [6.07, 6.45) is 0. The topological polar surface area (TPSA) is 70.3 Å². The first-order valence-corrected chi connectivity index (χ1v) is 5.75. The fourth-order valence-electron chi connectivity index (χ4n) is 1.61. The van der Waals surface area contributed by atoms with Crippen LogP contribution in [0.2, 0.25) is 0 Å². The SMILES string of the molecule is N#Cc1ccc(OCc2ccc(C(=O)O)c(F)c2)cc1. The summed E-state index contributed by atoms with van der Waals surface area (Å²) in [5.41, 5.74) is 0.679. The van der Waals surface area contributed by atoms with Crippen LogP contribution in [0.25, 0.3) is 0 Å². The first-order chi connectivity index (χ1) is 9.60. The first-order valence-electron chi connectivity index (χ1n) is 5.75. The number of hydrogen-bond acceptors (Lipinski definition) is 3. The van der Waals surface area contributed by atoms with Gasteiger partial charge in [-0.05, 0) is 42.0 Å². The lowest BCUT2D eigenvalue weighted by Gasteiger charge is -2.07. The summed E-state index contributed by atoms with van der Waals surface area (Å²) >= 11 is 0. The van der Waals surface area contributed by atoms with E-state index < -0.39 is 11.8 Å². The molecule has 2 rings (SSSR count). The number of carboxylic acid groups (broad SMARTS) is 1. The molecule has 0 aliphatic carbocycles. The number of nitriles is 1. The molecule has 0 amide bonds. The van der Waals surface area contributed by atoms with Gasteiger partial charge in [0.2, 0.25) is 0 Å². The molecule has 0 saturated heterocycles. The molecule has 1 N–H and O–H groups in total. The van der Waals surface area contributed by atoms with Gasteiger partial charge in [-0.25, -0.2) is 9.18 Å². The summed E-state index contributed by atoms with van der Waals surface area (Å²) in [5, 5.41) is 17.4. The van der Waals surface area contributed by atoms with Crippen LogP contribution in [0.15, 0.2) is 42.5 Å². The Balaban J connectivity index is 2.05. The Morgan fingerprint density at radius 2 is 1.95 bits per heavy atom. The Labute approximate surface area is 114 Å². The van der Waals surface area contributed by atoms with E-state index in [1.165, 1.54) is 12.1 Å². The van der Waals surface area contributed by atoms with Crippen molar-refractivity contribution in [2.24, 2.45) is 0 Å². The highest BCUT2D eigenvalue weighted by atomic mass is 19.1. The number of benzene rings is 2. The predicted octanol–water partition coefficient (Wildman–Crippen LogP) is 2.97. The van der Waals surface area contributed by atoms with Crippen LogP contribution < -0.4 is 4.74 Å². The van der Waals surface area contributed by atoms with E-state index in [2.05, 4.69) is 0 Å². The third kappa shape index (κ3) is 3.12. The average Bonchev–Trinajstić information content (AvgIpc) is 2.45. The first kappa shape index (κ1) is 13.6. The Kier molecular flexibility index (Phi) is 3.96. The largest absolute Gasteiger partial charge is 0.489 e. The zero-order valence-electron chi connectivity index (χ0n) is 10.3. The molecule has 2 aromatic carbocycles. The Morgan fingerprint density at radius 3 is 2.50 bits per heavy atom. The van der Waals surface area contributed by atoms with Crippen molar-refractivity contribution in [3.63, 3.8) is 0 Å². The molecule has 5 heteroatoms. The highest BCUT2D eigenvalue weighted by Crippen LogP contribution is 2.15. The molecule has 0 spiro atoms. The number of ether oxygens (including phenoxy) is 1. The third-order valence-electron chi connectivity index (χ3n) is 2.65. The van der Waals surface area contributed by atoms with Gasteiger partial charge in [0.1, 0.15) is 18.2 Å². The molecule has 0 atom stereocenters. The molecule has 0 aliphatic rings. The quantitative estimate of drug-likeness (QED) is 0.928. The second-order valence-electron chi connectivity index (χ2n) is 4.04. The lowest BCUT2D eigenvalue weighted by atomic mass is 10.1. The number of hydrogen-bond donors (Lipinski definition) is 1. The predicted molar refractivity (Wildman–Crippen MR) is 68.8 cm³/mol. The van der Waals surface area contributed by atoms with E-state index in [9.17, 15) is 9.18 Å². The zero-order chi connectivity index (χ0) is 14.5. The Morgan fingerprint density at radius 1 is 1.25 bits per heavy atom. The van der Waals surface area contributed by atoms with Gasteiger partial charge in [0.15, 0.2) is 0 Å². The van der Waals surface area contributed by atoms with Gasteiger partial charge in [-0.1, -0.05) is 6.07 Å². The van der Waals surface area contributed by atoms with E-state index in [4.69, 9.17) is 15.1 Å². The van der Waals surface area contributed by atoms with Gasteiger partial charge in [-0.15, -0.1) is 0 Å². The van der Waals surface area contributed by atoms with Crippen LogP contribution in [0, 0.1) is 17.1 Å². The second kappa shape index (κ2) is 5.85. The van der Waals surface area contributed by atoms with Gasteiger partial charge in [-0.2, -0.15) is 5.26 Å². The molecule has 0 aromatic heterocycles. The Bertz CT molecular complexity index is 675. The maximum absolute atomic E-state index is 13.5. The van der Waals surface area contributed by atoms with E-state index in [-0.39, 0.29) is 12.2 Å². The van der Waals surface area contributed by atoms with Gasteiger partial charge in [-0.3, -0.25) is 0 Å². The second-order valence-corrected chi connectivity index (χ2v) is 4.04. The van der Waals surface area contributed by atoms with Crippen LogP contribution in [0.4, 0.5) is 4.39 Å². The summed E-state index contributed by atoms with van der Waals surface area (Å²) in [5.74, 6) is -1.55. The molecular weight excluding hydrogens is 261 g/mol. The molecule has 20 heavy (non-hydrogen) atoms. The minimum atomic E-state index is -1.30. The summed E-state index contributed by atoms with van der Waals surface area (Å²) in [4.78, 5) is 10.7. The fourth-order valence-corrected chi connectivity index (χ4v) is 1.61. The smallest absolute Gasteiger partial charge is 0.338 e. The van der Waals surface area contributed by atoms with Gasteiger partial charge >= 0.3 is 5.97 Å². The minimum absolute atomic E-state index is 0.114. The van der Waals surface area contributed by atoms with Crippen molar-refractivity contribution in [3.05, 3.63) is 65.0 Å². The fraction of sp³-hybridized carbons (Fsp3) is 0.0667. The van der Waals surface area contributed by atoms with Crippen molar-refractivity contribution >= 4 is 5.97 Å². The van der Waals surface area contributed by atoms with Crippen molar-refractivity contribution in [1.29, 1.82) is 5.26 Å². The van der Waals surface area contributed by atoms with Crippen molar-refractivity contribution in [2.45, 2.75) is 6.61 Å². The van der Waals surface area contributed by atoms with E-state index in [0.29, 0.717) is 16.9 Å². The number of nitrogens with zero attached hydrogens (tertiary/aromatic N) is 1. The third-order valence-corrected chi connectivity index (χ3v) is 2.65. The number of carboxylic acids is 1. The van der Waals surface area contributed by atoms with E-state index in [1.54, 1.807) is 24.3 Å². The van der Waals surface area contributed by atoms with Gasteiger partial charge in [0.25, 0.3) is 0 Å². The van der Waals surface area contributed by atoms with Crippen LogP contribution in [-0.4, -0.2) is 11.1 Å². The molecule has 0 heterocycles. The number of carbonyl (C=O) groups is 1. The van der Waals surface area contributed by atoms with Gasteiger partial charge < -0.3 is 9.84 Å². The molecule has 100 valence electrons. The van der Waals surface area contributed by atoms with Crippen LogP contribution in [0.3, 0.4) is 0 Å². The van der Waals surface area contributed by atoms with Gasteiger partial charge in [0, 0.05) is 0 Å². The van der Waals surface area contributed by atoms with Crippen LogP contribution >= 0.6 is 0 Å². The van der Waals surface area contributed by atoms with Crippen molar-refractivity contribution in [2.75, 3.05) is 0 Å². The Hall–Kier alpha value is -2.87. The standard InChI is InChI=1S/C15H10FNO3/c16-14-7-11(3-6-13(14)15(18)19)9-20-12-4-1-10(8-17)2-5-12/h1-7H,9H2,(H,18,19). The van der Waals surface area contributed by atoms with Gasteiger partial charge in [0.05, 0.1) is 17.2 Å². The molecule has 0 fully saturated rings. The molecule has 0 saturated carbocycles.